The highest BCUT2D eigenvalue weighted by molar-refractivity contribution is 7.99. The minimum Gasteiger partial charge on any atom is -0.493 e. The third kappa shape index (κ3) is 4.56. The summed E-state index contributed by atoms with van der Waals surface area (Å²) in [6, 6.07) is 21.8. The maximum Gasteiger partial charge on any atom is 0.266 e. The fourth-order valence-corrected chi connectivity index (χ4v) is 4.35. The Morgan fingerprint density at radius 3 is 2.39 bits per heavy atom. The van der Waals surface area contributed by atoms with Crippen LogP contribution in [0.2, 0.25) is 0 Å². The Bertz CT molecular complexity index is 1360. The van der Waals surface area contributed by atoms with Crippen LogP contribution in [0.1, 0.15) is 0 Å². The molecule has 3 aromatic carbocycles. The first-order chi connectivity index (χ1) is 16.0. The van der Waals surface area contributed by atoms with E-state index in [1.54, 1.807) is 55.5 Å². The number of nitrogens with zero attached hydrogens (tertiary/aromatic N) is 3. The number of carbonyl (C=O) groups excluding carboxylic acids is 1. The second kappa shape index (κ2) is 9.79. The summed E-state index contributed by atoms with van der Waals surface area (Å²) in [6.07, 6.45) is 0. The zero-order valence-corrected chi connectivity index (χ0v) is 19.3. The molecule has 8 heteroatoms. The first kappa shape index (κ1) is 22.4. The van der Waals surface area contributed by atoms with Crippen molar-refractivity contribution in [2.75, 3.05) is 31.9 Å². The number of hydrogen-bond acceptors (Lipinski definition) is 6. The van der Waals surface area contributed by atoms with Gasteiger partial charge in [0.15, 0.2) is 16.7 Å². The summed E-state index contributed by atoms with van der Waals surface area (Å²) in [5, 5.41) is 0.907. The fraction of sp³-hybridized carbons (Fsp3) is 0.160. The predicted molar refractivity (Wildman–Crippen MR) is 131 cm³/mol. The molecular weight excluding hydrogens is 438 g/mol. The second-order valence-electron chi connectivity index (χ2n) is 7.17. The summed E-state index contributed by atoms with van der Waals surface area (Å²) in [6.45, 7) is 0. The molecule has 0 saturated heterocycles. The molecule has 4 aromatic rings. The molecule has 0 aliphatic rings. The van der Waals surface area contributed by atoms with E-state index >= 15 is 0 Å². The van der Waals surface area contributed by atoms with Gasteiger partial charge in [-0.2, -0.15) is 0 Å². The molecular formula is C25H23N3O4S. The van der Waals surface area contributed by atoms with Crippen molar-refractivity contribution < 1.29 is 14.3 Å². The molecule has 0 unspecified atom stereocenters. The number of rotatable bonds is 7. The molecule has 0 atom stereocenters. The first-order valence-electron chi connectivity index (χ1n) is 10.2. The van der Waals surface area contributed by atoms with E-state index in [9.17, 15) is 9.59 Å². The van der Waals surface area contributed by atoms with Crippen LogP contribution in [0.5, 0.6) is 11.5 Å². The van der Waals surface area contributed by atoms with Crippen molar-refractivity contribution in [3.05, 3.63) is 83.2 Å². The quantitative estimate of drug-likeness (QED) is 0.304. The molecule has 0 aliphatic heterocycles. The van der Waals surface area contributed by atoms with Crippen LogP contribution in [0.3, 0.4) is 0 Å². The van der Waals surface area contributed by atoms with Gasteiger partial charge in [0.2, 0.25) is 5.91 Å². The Morgan fingerprint density at radius 2 is 1.67 bits per heavy atom. The van der Waals surface area contributed by atoms with Crippen LogP contribution in [0.4, 0.5) is 5.69 Å². The second-order valence-corrected chi connectivity index (χ2v) is 8.11. The number of ether oxygens (including phenoxy) is 2. The molecule has 0 N–H and O–H groups in total. The number of anilines is 1. The molecule has 168 valence electrons. The zero-order valence-electron chi connectivity index (χ0n) is 18.5. The standard InChI is InChI=1S/C25H23N3O4S/c1-27(17-9-5-4-6-10-17)23(29)16-33-25-26-20-12-8-7-11-19(20)24(30)28(25)18-13-14-21(31-2)22(15-18)32-3/h4-15H,16H2,1-3H3. The molecule has 1 heterocycles. The minimum atomic E-state index is -0.223. The highest BCUT2D eigenvalue weighted by Crippen LogP contribution is 2.30. The topological polar surface area (TPSA) is 73.7 Å². The minimum absolute atomic E-state index is 0.104. The summed E-state index contributed by atoms with van der Waals surface area (Å²) < 4.78 is 12.2. The van der Waals surface area contributed by atoms with E-state index in [0.29, 0.717) is 33.2 Å². The fourth-order valence-electron chi connectivity index (χ4n) is 3.42. The molecule has 7 nitrogen and oxygen atoms in total. The Labute approximate surface area is 195 Å². The number of thioether (sulfide) groups is 1. The smallest absolute Gasteiger partial charge is 0.266 e. The predicted octanol–water partition coefficient (Wildman–Crippen LogP) is 4.16. The lowest BCUT2D eigenvalue weighted by atomic mass is 10.2. The Balaban J connectivity index is 1.74. The van der Waals surface area contributed by atoms with Gasteiger partial charge >= 0.3 is 0 Å². The first-order valence-corrected chi connectivity index (χ1v) is 11.2. The number of benzene rings is 3. The number of hydrogen-bond donors (Lipinski definition) is 0. The Kier molecular flexibility index (Phi) is 6.65. The van der Waals surface area contributed by atoms with Crippen molar-refractivity contribution in [2.24, 2.45) is 0 Å². The van der Waals surface area contributed by atoms with Gasteiger partial charge in [-0.3, -0.25) is 14.2 Å². The van der Waals surface area contributed by atoms with Crippen molar-refractivity contribution in [2.45, 2.75) is 5.16 Å². The average Bonchev–Trinajstić information content (AvgIpc) is 2.87. The summed E-state index contributed by atoms with van der Waals surface area (Å²) >= 11 is 1.21. The van der Waals surface area contributed by atoms with E-state index in [-0.39, 0.29) is 17.2 Å². The lowest BCUT2D eigenvalue weighted by Gasteiger charge is -2.18. The Morgan fingerprint density at radius 1 is 0.970 bits per heavy atom. The molecule has 0 fully saturated rings. The van der Waals surface area contributed by atoms with Gasteiger partial charge in [0.05, 0.1) is 36.6 Å². The number of para-hydroxylation sites is 2. The van der Waals surface area contributed by atoms with Crippen LogP contribution >= 0.6 is 11.8 Å². The number of fused-ring (bicyclic) bond motifs is 1. The van der Waals surface area contributed by atoms with Crippen LogP contribution in [-0.4, -0.2) is 42.5 Å². The zero-order chi connectivity index (χ0) is 23.4. The number of carbonyl (C=O) groups is 1. The van der Waals surface area contributed by atoms with Crippen LogP contribution in [-0.2, 0) is 4.79 Å². The SMILES string of the molecule is COc1ccc(-n2c(SCC(=O)N(C)c3ccccc3)nc3ccccc3c2=O)cc1OC. The molecule has 33 heavy (non-hydrogen) atoms. The van der Waals surface area contributed by atoms with Crippen LogP contribution in [0.25, 0.3) is 16.6 Å². The van der Waals surface area contributed by atoms with E-state index in [0.717, 1.165) is 5.69 Å². The van der Waals surface area contributed by atoms with Gasteiger partial charge in [-0.05, 0) is 36.4 Å². The van der Waals surface area contributed by atoms with Crippen molar-refractivity contribution in [3.8, 4) is 17.2 Å². The third-order valence-corrected chi connectivity index (χ3v) is 6.14. The molecule has 0 aliphatic carbocycles. The maximum atomic E-state index is 13.4. The largest absolute Gasteiger partial charge is 0.493 e. The van der Waals surface area contributed by atoms with Gasteiger partial charge < -0.3 is 14.4 Å². The summed E-state index contributed by atoms with van der Waals surface area (Å²) in [5.74, 6) is 1.05. The Hall–Kier alpha value is -3.78. The van der Waals surface area contributed by atoms with Gasteiger partial charge in [-0.15, -0.1) is 0 Å². The monoisotopic (exact) mass is 461 g/mol. The average molecular weight is 462 g/mol. The van der Waals surface area contributed by atoms with Crippen molar-refractivity contribution in [1.82, 2.24) is 9.55 Å². The molecule has 0 spiro atoms. The molecule has 0 saturated carbocycles. The van der Waals surface area contributed by atoms with Crippen LogP contribution < -0.4 is 19.9 Å². The van der Waals surface area contributed by atoms with E-state index in [1.165, 1.54) is 23.4 Å². The number of methoxy groups -OCH3 is 2. The van der Waals surface area contributed by atoms with Gasteiger partial charge in [-0.1, -0.05) is 42.1 Å². The van der Waals surface area contributed by atoms with Crippen molar-refractivity contribution in [1.29, 1.82) is 0 Å². The van der Waals surface area contributed by atoms with Gasteiger partial charge in [0.25, 0.3) is 5.56 Å². The molecule has 0 bridgehead atoms. The van der Waals surface area contributed by atoms with Crippen LogP contribution in [0, 0.1) is 0 Å². The van der Waals surface area contributed by atoms with E-state index < -0.39 is 0 Å². The van der Waals surface area contributed by atoms with Gasteiger partial charge in [0, 0.05) is 18.8 Å². The van der Waals surface area contributed by atoms with Crippen molar-refractivity contribution >= 4 is 34.3 Å². The van der Waals surface area contributed by atoms with E-state index in [1.807, 2.05) is 36.4 Å². The summed E-state index contributed by atoms with van der Waals surface area (Å²) in [5.41, 5.74) is 1.72. The molecule has 4 rings (SSSR count). The molecule has 0 radical (unpaired) electrons. The van der Waals surface area contributed by atoms with Gasteiger partial charge in [0.1, 0.15) is 0 Å². The third-order valence-electron chi connectivity index (χ3n) is 5.21. The molecule has 1 aromatic heterocycles. The lowest BCUT2D eigenvalue weighted by molar-refractivity contribution is -0.115. The highest BCUT2D eigenvalue weighted by atomic mass is 32.2. The summed E-state index contributed by atoms with van der Waals surface area (Å²) in [7, 11) is 4.82. The normalized spacial score (nSPS) is 10.8. The van der Waals surface area contributed by atoms with Crippen molar-refractivity contribution in [3.63, 3.8) is 0 Å². The number of aromatic nitrogens is 2. The number of amides is 1. The van der Waals surface area contributed by atoms with E-state index in [4.69, 9.17) is 14.5 Å². The van der Waals surface area contributed by atoms with Crippen LogP contribution in [0.15, 0.2) is 82.7 Å². The molecule has 1 amide bonds. The van der Waals surface area contributed by atoms with Gasteiger partial charge in [-0.25, -0.2) is 4.98 Å². The maximum absolute atomic E-state index is 13.4. The highest BCUT2D eigenvalue weighted by Gasteiger charge is 2.18. The summed E-state index contributed by atoms with van der Waals surface area (Å²) in [4.78, 5) is 32.6. The lowest BCUT2D eigenvalue weighted by Crippen LogP contribution is -2.28. The van der Waals surface area contributed by atoms with E-state index in [2.05, 4.69) is 0 Å².